The minimum Gasteiger partial charge on any atom is -0.328 e. The van der Waals surface area contributed by atoms with Crippen LogP contribution in [0.1, 0.15) is 31.6 Å². The Morgan fingerprint density at radius 2 is 2.25 bits per heavy atom. The van der Waals surface area contributed by atoms with Gasteiger partial charge in [-0.25, -0.2) is 4.98 Å². The maximum Gasteiger partial charge on any atom is 0.0951 e. The minimum atomic E-state index is 0.00238. The number of rotatable bonds is 4. The molecule has 0 aliphatic rings. The third kappa shape index (κ3) is 2.14. The Morgan fingerprint density at radius 1 is 1.44 bits per heavy atom. The molecule has 0 bridgehead atoms. The highest BCUT2D eigenvalue weighted by atomic mass is 15.3. The maximum atomic E-state index is 5.89. The average molecular weight is 219 g/mol. The molecule has 1 unspecified atom stereocenters. The van der Waals surface area contributed by atoms with Crippen molar-refractivity contribution in [1.82, 2.24) is 19.3 Å². The Balaban J connectivity index is 2.14. The van der Waals surface area contributed by atoms with Gasteiger partial charge < -0.3 is 10.3 Å². The van der Waals surface area contributed by atoms with Crippen molar-refractivity contribution in [1.29, 1.82) is 0 Å². The van der Waals surface area contributed by atoms with Crippen molar-refractivity contribution in [2.75, 3.05) is 0 Å². The smallest absolute Gasteiger partial charge is 0.0951 e. The highest BCUT2D eigenvalue weighted by Gasteiger charge is 2.12. The van der Waals surface area contributed by atoms with Gasteiger partial charge >= 0.3 is 0 Å². The topological polar surface area (TPSA) is 61.7 Å². The summed E-state index contributed by atoms with van der Waals surface area (Å²) in [7, 11) is 0. The van der Waals surface area contributed by atoms with Crippen molar-refractivity contribution in [3.63, 3.8) is 0 Å². The van der Waals surface area contributed by atoms with Crippen molar-refractivity contribution >= 4 is 0 Å². The van der Waals surface area contributed by atoms with E-state index in [0.717, 1.165) is 12.2 Å². The number of aromatic nitrogens is 4. The molecule has 0 saturated carbocycles. The van der Waals surface area contributed by atoms with Gasteiger partial charge in [0.1, 0.15) is 0 Å². The van der Waals surface area contributed by atoms with E-state index < -0.39 is 0 Å². The Kier molecular flexibility index (Phi) is 3.05. The third-order valence-electron chi connectivity index (χ3n) is 2.65. The van der Waals surface area contributed by atoms with Crippen LogP contribution in [0.25, 0.3) is 0 Å². The van der Waals surface area contributed by atoms with Crippen LogP contribution in [0, 0.1) is 0 Å². The summed E-state index contributed by atoms with van der Waals surface area (Å²) in [6, 6.07) is 2.22. The molecule has 0 aliphatic heterocycles. The van der Waals surface area contributed by atoms with Gasteiger partial charge in [0, 0.05) is 24.6 Å². The van der Waals surface area contributed by atoms with Gasteiger partial charge in [-0.2, -0.15) is 5.10 Å². The summed E-state index contributed by atoms with van der Waals surface area (Å²) in [6.45, 7) is 4.92. The van der Waals surface area contributed by atoms with E-state index in [0.29, 0.717) is 6.04 Å². The zero-order valence-corrected chi connectivity index (χ0v) is 9.61. The first kappa shape index (κ1) is 10.9. The first-order valence-electron chi connectivity index (χ1n) is 5.43. The van der Waals surface area contributed by atoms with Crippen LogP contribution in [0.2, 0.25) is 0 Å². The molecule has 0 spiro atoms. The van der Waals surface area contributed by atoms with Gasteiger partial charge in [0.05, 0.1) is 24.6 Å². The Bertz CT molecular complexity index is 429. The van der Waals surface area contributed by atoms with Crippen molar-refractivity contribution in [2.45, 2.75) is 32.5 Å². The van der Waals surface area contributed by atoms with Gasteiger partial charge in [-0.3, -0.25) is 4.68 Å². The Morgan fingerprint density at radius 3 is 2.88 bits per heavy atom. The first-order chi connectivity index (χ1) is 7.68. The lowest BCUT2D eigenvalue weighted by Crippen LogP contribution is -2.18. The predicted molar refractivity (Wildman–Crippen MR) is 61.8 cm³/mol. The van der Waals surface area contributed by atoms with Crippen LogP contribution in [0.3, 0.4) is 0 Å². The SMILES string of the molecule is CC(Cn1cccn1)n1cncc1[C@H](C)N. The molecular formula is C11H17N5. The molecule has 0 aliphatic carbocycles. The van der Waals surface area contributed by atoms with Crippen molar-refractivity contribution in [3.05, 3.63) is 36.7 Å². The molecule has 0 radical (unpaired) electrons. The van der Waals surface area contributed by atoms with Crippen LogP contribution < -0.4 is 5.73 Å². The number of nitrogens with two attached hydrogens (primary N) is 1. The normalized spacial score (nSPS) is 14.9. The lowest BCUT2D eigenvalue weighted by atomic mass is 10.2. The van der Waals surface area contributed by atoms with Gasteiger partial charge in [0.15, 0.2) is 0 Å². The van der Waals surface area contributed by atoms with E-state index in [9.17, 15) is 0 Å². The number of imidazole rings is 1. The van der Waals surface area contributed by atoms with Crippen molar-refractivity contribution < 1.29 is 0 Å². The average Bonchev–Trinajstić information content (AvgIpc) is 2.86. The summed E-state index contributed by atoms with van der Waals surface area (Å²) >= 11 is 0. The van der Waals surface area contributed by atoms with Gasteiger partial charge in [0.2, 0.25) is 0 Å². The largest absolute Gasteiger partial charge is 0.328 e. The zero-order valence-electron chi connectivity index (χ0n) is 9.61. The van der Waals surface area contributed by atoms with Gasteiger partial charge in [0.25, 0.3) is 0 Å². The third-order valence-corrected chi connectivity index (χ3v) is 2.65. The maximum absolute atomic E-state index is 5.89. The van der Waals surface area contributed by atoms with Gasteiger partial charge in [-0.05, 0) is 19.9 Å². The van der Waals surface area contributed by atoms with Gasteiger partial charge in [-0.1, -0.05) is 0 Å². The fourth-order valence-corrected chi connectivity index (χ4v) is 1.80. The van der Waals surface area contributed by atoms with E-state index in [4.69, 9.17) is 5.73 Å². The molecular weight excluding hydrogens is 202 g/mol. The Hall–Kier alpha value is -1.62. The molecule has 16 heavy (non-hydrogen) atoms. The fourth-order valence-electron chi connectivity index (χ4n) is 1.80. The molecule has 5 nitrogen and oxygen atoms in total. The second-order valence-corrected chi connectivity index (χ2v) is 4.09. The van der Waals surface area contributed by atoms with Crippen LogP contribution >= 0.6 is 0 Å². The van der Waals surface area contributed by atoms with E-state index in [1.54, 1.807) is 6.20 Å². The lowest BCUT2D eigenvalue weighted by Gasteiger charge is -2.18. The van der Waals surface area contributed by atoms with Crippen LogP contribution in [0.5, 0.6) is 0 Å². The number of hydrogen-bond acceptors (Lipinski definition) is 3. The minimum absolute atomic E-state index is 0.00238. The standard InChI is InChI=1S/C11H17N5/c1-9(7-15-5-3-4-14-15)16-8-13-6-11(16)10(2)12/h3-6,8-10H,7,12H2,1-2H3/t9?,10-/m0/s1. The molecule has 2 aromatic rings. The molecule has 0 fully saturated rings. The zero-order chi connectivity index (χ0) is 11.5. The fraction of sp³-hybridized carbons (Fsp3) is 0.455. The first-order valence-corrected chi connectivity index (χ1v) is 5.43. The highest BCUT2D eigenvalue weighted by Crippen LogP contribution is 2.16. The second-order valence-electron chi connectivity index (χ2n) is 4.09. The van der Waals surface area contributed by atoms with E-state index in [1.807, 2.05) is 36.4 Å². The van der Waals surface area contributed by atoms with Gasteiger partial charge in [-0.15, -0.1) is 0 Å². The van der Waals surface area contributed by atoms with Crippen molar-refractivity contribution in [2.24, 2.45) is 5.73 Å². The summed E-state index contributed by atoms with van der Waals surface area (Å²) in [4.78, 5) is 4.15. The van der Waals surface area contributed by atoms with Crippen molar-refractivity contribution in [3.8, 4) is 0 Å². The molecule has 2 N–H and O–H groups in total. The molecule has 2 atom stereocenters. The molecule has 2 heterocycles. The summed E-state index contributed by atoms with van der Waals surface area (Å²) in [5, 5.41) is 4.19. The molecule has 0 saturated heterocycles. The van der Waals surface area contributed by atoms with E-state index in [1.165, 1.54) is 0 Å². The number of hydrogen-bond donors (Lipinski definition) is 1. The van der Waals surface area contributed by atoms with E-state index in [-0.39, 0.29) is 6.04 Å². The molecule has 5 heteroatoms. The molecule has 2 rings (SSSR count). The lowest BCUT2D eigenvalue weighted by molar-refractivity contribution is 0.422. The highest BCUT2D eigenvalue weighted by molar-refractivity contribution is 5.04. The number of nitrogens with zero attached hydrogens (tertiary/aromatic N) is 4. The van der Waals surface area contributed by atoms with Crippen LogP contribution in [-0.4, -0.2) is 19.3 Å². The quantitative estimate of drug-likeness (QED) is 0.844. The van der Waals surface area contributed by atoms with E-state index in [2.05, 4.69) is 21.6 Å². The van der Waals surface area contributed by atoms with E-state index >= 15 is 0 Å². The summed E-state index contributed by atoms with van der Waals surface area (Å²) < 4.78 is 4.02. The predicted octanol–water partition coefficient (Wildman–Crippen LogP) is 1.36. The van der Waals surface area contributed by atoms with Crippen LogP contribution in [0.15, 0.2) is 31.0 Å². The molecule has 0 aromatic carbocycles. The Labute approximate surface area is 94.9 Å². The molecule has 86 valence electrons. The molecule has 0 amide bonds. The van der Waals surface area contributed by atoms with Crippen LogP contribution in [-0.2, 0) is 6.54 Å². The summed E-state index contributed by atoms with van der Waals surface area (Å²) in [5.41, 5.74) is 6.94. The summed E-state index contributed by atoms with van der Waals surface area (Å²) in [5.74, 6) is 0. The monoisotopic (exact) mass is 219 g/mol. The second kappa shape index (κ2) is 4.49. The molecule has 2 aromatic heterocycles. The van der Waals surface area contributed by atoms with Crippen LogP contribution in [0.4, 0.5) is 0 Å². The summed E-state index contributed by atoms with van der Waals surface area (Å²) in [6.07, 6.45) is 7.39.